The Bertz CT molecular complexity index is 1300. The van der Waals surface area contributed by atoms with Crippen LogP contribution in [-0.2, 0) is 21.4 Å². The van der Waals surface area contributed by atoms with Crippen LogP contribution in [0.3, 0.4) is 0 Å². The minimum Gasteiger partial charge on any atom is -0.348 e. The van der Waals surface area contributed by atoms with Crippen molar-refractivity contribution in [3.63, 3.8) is 0 Å². The summed E-state index contributed by atoms with van der Waals surface area (Å²) in [6, 6.07) is 13.8. The van der Waals surface area contributed by atoms with E-state index in [1.54, 1.807) is 61.8 Å². The molecule has 2 N–H and O–H groups in total. The molecule has 0 spiro atoms. The number of halogens is 1. The Balaban J connectivity index is 1.83. The van der Waals surface area contributed by atoms with Crippen LogP contribution in [0.5, 0.6) is 0 Å². The zero-order valence-corrected chi connectivity index (χ0v) is 20.5. The van der Waals surface area contributed by atoms with Crippen molar-refractivity contribution in [3.8, 4) is 0 Å². The van der Waals surface area contributed by atoms with Gasteiger partial charge < -0.3 is 10.6 Å². The van der Waals surface area contributed by atoms with Gasteiger partial charge in [0.15, 0.2) is 0 Å². The fourth-order valence-corrected chi connectivity index (χ4v) is 4.80. The molecule has 0 radical (unpaired) electrons. The third-order valence-corrected chi connectivity index (χ3v) is 6.57. The molecule has 0 saturated heterocycles. The number of aryl methyl sites for hydroxylation is 1. The number of nitrogens with zero attached hydrogens (tertiary/aromatic N) is 2. The minimum atomic E-state index is -3.83. The van der Waals surface area contributed by atoms with Crippen LogP contribution in [0, 0.1) is 6.92 Å². The highest BCUT2D eigenvalue weighted by molar-refractivity contribution is 7.92. The van der Waals surface area contributed by atoms with Crippen LogP contribution < -0.4 is 14.9 Å². The molecule has 10 heteroatoms. The molecular formula is C24H25ClN4O4S. The number of aromatic nitrogens is 1. The quantitative estimate of drug-likeness (QED) is 0.489. The monoisotopic (exact) mass is 500 g/mol. The van der Waals surface area contributed by atoms with Crippen LogP contribution in [0.25, 0.3) is 0 Å². The SMILES string of the molecule is Cc1ccc(Cl)cc1N([C@H](C)C(=O)Nc1ccccc1C(=O)NCc1cccnc1)S(C)(=O)=O. The predicted octanol–water partition coefficient (Wildman–Crippen LogP) is 3.77. The van der Waals surface area contributed by atoms with Crippen molar-refractivity contribution in [1.29, 1.82) is 0 Å². The molecule has 3 aromatic rings. The van der Waals surface area contributed by atoms with Gasteiger partial charge in [-0.15, -0.1) is 0 Å². The van der Waals surface area contributed by atoms with Crippen LogP contribution in [0.15, 0.2) is 67.0 Å². The number of hydrogen-bond acceptors (Lipinski definition) is 5. The van der Waals surface area contributed by atoms with Crippen LogP contribution in [0.1, 0.15) is 28.4 Å². The zero-order valence-electron chi connectivity index (χ0n) is 18.9. The van der Waals surface area contributed by atoms with Crippen LogP contribution in [-0.4, -0.2) is 37.5 Å². The fraction of sp³-hybridized carbons (Fsp3) is 0.208. The average Bonchev–Trinajstić information content (AvgIpc) is 2.80. The predicted molar refractivity (Wildman–Crippen MR) is 133 cm³/mol. The first-order valence-electron chi connectivity index (χ1n) is 10.4. The second-order valence-corrected chi connectivity index (χ2v) is 10.0. The van der Waals surface area contributed by atoms with E-state index in [4.69, 9.17) is 11.6 Å². The number of nitrogens with one attached hydrogen (secondary N) is 2. The van der Waals surface area contributed by atoms with E-state index < -0.39 is 27.9 Å². The zero-order chi connectivity index (χ0) is 24.9. The lowest BCUT2D eigenvalue weighted by Crippen LogP contribution is -2.45. The Hall–Kier alpha value is -3.43. The highest BCUT2D eigenvalue weighted by atomic mass is 35.5. The van der Waals surface area contributed by atoms with Gasteiger partial charge in [0.25, 0.3) is 5.91 Å². The summed E-state index contributed by atoms with van der Waals surface area (Å²) in [5.74, 6) is -0.990. The van der Waals surface area contributed by atoms with Crippen molar-refractivity contribution in [3.05, 3.63) is 88.7 Å². The number of pyridine rings is 1. The van der Waals surface area contributed by atoms with Crippen LogP contribution in [0.4, 0.5) is 11.4 Å². The molecule has 0 aliphatic carbocycles. The van der Waals surface area contributed by atoms with E-state index in [-0.39, 0.29) is 17.8 Å². The summed E-state index contributed by atoms with van der Waals surface area (Å²) in [7, 11) is -3.83. The van der Waals surface area contributed by atoms with Gasteiger partial charge in [0, 0.05) is 24.0 Å². The summed E-state index contributed by atoms with van der Waals surface area (Å²) >= 11 is 6.08. The molecule has 1 heterocycles. The van der Waals surface area contributed by atoms with Crippen molar-refractivity contribution >= 4 is 44.8 Å². The minimum absolute atomic E-state index is 0.247. The molecule has 0 fully saturated rings. The van der Waals surface area contributed by atoms with Gasteiger partial charge in [-0.05, 0) is 55.3 Å². The number of carbonyl (C=O) groups is 2. The number of hydrogen-bond donors (Lipinski definition) is 2. The van der Waals surface area contributed by atoms with Gasteiger partial charge in [0.05, 0.1) is 23.2 Å². The molecule has 1 atom stereocenters. The molecule has 0 bridgehead atoms. The topological polar surface area (TPSA) is 108 Å². The molecule has 3 rings (SSSR count). The van der Waals surface area contributed by atoms with E-state index in [1.165, 1.54) is 13.0 Å². The number of anilines is 2. The first kappa shape index (κ1) is 25.2. The average molecular weight is 501 g/mol. The van der Waals surface area contributed by atoms with Crippen LogP contribution in [0.2, 0.25) is 5.02 Å². The molecule has 1 aromatic heterocycles. The Labute approximate surface area is 204 Å². The van der Waals surface area contributed by atoms with E-state index in [2.05, 4.69) is 15.6 Å². The smallest absolute Gasteiger partial charge is 0.253 e. The van der Waals surface area contributed by atoms with Gasteiger partial charge in [-0.1, -0.05) is 35.9 Å². The van der Waals surface area contributed by atoms with E-state index in [9.17, 15) is 18.0 Å². The standard InChI is InChI=1S/C24H25ClN4O4S/c1-16-10-11-19(25)13-22(16)29(34(3,32)33)17(2)23(30)28-21-9-5-4-8-20(21)24(31)27-15-18-7-6-12-26-14-18/h4-14,17H,15H2,1-3H3,(H,27,31)(H,28,30)/t17-/m1/s1. The molecule has 2 amide bonds. The number of carbonyl (C=O) groups excluding carboxylic acids is 2. The van der Waals surface area contributed by atoms with Crippen LogP contribution >= 0.6 is 11.6 Å². The van der Waals surface area contributed by atoms with Gasteiger partial charge >= 0.3 is 0 Å². The summed E-state index contributed by atoms with van der Waals surface area (Å²) < 4.78 is 26.3. The first-order valence-corrected chi connectivity index (χ1v) is 12.6. The van der Waals surface area contributed by atoms with Gasteiger partial charge in [0.2, 0.25) is 15.9 Å². The molecule has 0 unspecified atom stereocenters. The molecule has 2 aromatic carbocycles. The van der Waals surface area contributed by atoms with E-state index in [0.717, 1.165) is 16.1 Å². The van der Waals surface area contributed by atoms with Gasteiger partial charge in [-0.2, -0.15) is 0 Å². The second-order valence-electron chi connectivity index (χ2n) is 7.74. The van der Waals surface area contributed by atoms with Crippen molar-refractivity contribution < 1.29 is 18.0 Å². The fourth-order valence-electron chi connectivity index (χ4n) is 3.41. The summed E-state index contributed by atoms with van der Waals surface area (Å²) in [4.78, 5) is 29.9. The van der Waals surface area contributed by atoms with Gasteiger partial charge in [-0.25, -0.2) is 8.42 Å². The van der Waals surface area contributed by atoms with Crippen molar-refractivity contribution in [2.75, 3.05) is 15.9 Å². The lowest BCUT2D eigenvalue weighted by Gasteiger charge is -2.29. The van der Waals surface area contributed by atoms with Crippen molar-refractivity contribution in [2.45, 2.75) is 26.4 Å². The van der Waals surface area contributed by atoms with E-state index in [0.29, 0.717) is 16.3 Å². The summed E-state index contributed by atoms with van der Waals surface area (Å²) in [5, 5.41) is 5.83. The number of benzene rings is 2. The van der Waals surface area contributed by atoms with Crippen molar-refractivity contribution in [2.24, 2.45) is 0 Å². The highest BCUT2D eigenvalue weighted by Crippen LogP contribution is 2.29. The van der Waals surface area contributed by atoms with Gasteiger partial charge in [-0.3, -0.25) is 18.9 Å². The maximum absolute atomic E-state index is 13.1. The largest absolute Gasteiger partial charge is 0.348 e. The Morgan fingerprint density at radius 3 is 2.53 bits per heavy atom. The summed E-state index contributed by atoms with van der Waals surface area (Å²) in [6.07, 6.45) is 4.31. The summed E-state index contributed by atoms with van der Waals surface area (Å²) in [6.45, 7) is 3.47. The molecule has 8 nitrogen and oxygen atoms in total. The van der Waals surface area contributed by atoms with Gasteiger partial charge in [0.1, 0.15) is 6.04 Å². The lowest BCUT2D eigenvalue weighted by atomic mass is 10.1. The Kier molecular flexibility index (Phi) is 7.90. The second kappa shape index (κ2) is 10.7. The van der Waals surface area contributed by atoms with Crippen molar-refractivity contribution in [1.82, 2.24) is 10.3 Å². The molecule has 0 aliphatic heterocycles. The molecular weight excluding hydrogens is 476 g/mol. The molecule has 178 valence electrons. The number of rotatable bonds is 8. The third kappa shape index (κ3) is 6.12. The Morgan fingerprint density at radius 1 is 1.12 bits per heavy atom. The summed E-state index contributed by atoms with van der Waals surface area (Å²) in [5.41, 5.74) is 2.28. The molecule has 0 aliphatic rings. The number of para-hydroxylation sites is 1. The maximum Gasteiger partial charge on any atom is 0.253 e. The number of amides is 2. The lowest BCUT2D eigenvalue weighted by molar-refractivity contribution is -0.116. The maximum atomic E-state index is 13.1. The van der Waals surface area contributed by atoms with E-state index in [1.807, 2.05) is 6.07 Å². The first-order chi connectivity index (χ1) is 16.1. The normalized spacial score (nSPS) is 12.0. The Morgan fingerprint density at radius 2 is 1.85 bits per heavy atom. The molecule has 34 heavy (non-hydrogen) atoms. The third-order valence-electron chi connectivity index (χ3n) is 5.10. The number of sulfonamides is 1. The van der Waals surface area contributed by atoms with E-state index >= 15 is 0 Å². The highest BCUT2D eigenvalue weighted by Gasteiger charge is 2.31. The molecule has 0 saturated carbocycles.